The Bertz CT molecular complexity index is 1250. The molecule has 0 radical (unpaired) electrons. The molecule has 156 valence electrons. The van der Waals surface area contributed by atoms with E-state index in [0.717, 1.165) is 30.4 Å². The third-order valence-electron chi connectivity index (χ3n) is 4.54. The van der Waals surface area contributed by atoms with Gasteiger partial charge in [0.25, 0.3) is 5.91 Å². The van der Waals surface area contributed by atoms with Gasteiger partial charge in [0.1, 0.15) is 0 Å². The summed E-state index contributed by atoms with van der Waals surface area (Å²) in [6.45, 7) is 0. The average Bonchev–Trinajstić information content (AvgIpc) is 3.17. The lowest BCUT2D eigenvalue weighted by Gasteiger charge is -2.16. The summed E-state index contributed by atoms with van der Waals surface area (Å²) in [5.74, 6) is -0.239. The topological polar surface area (TPSA) is 48.8 Å². The number of aromatic nitrogens is 1. The molecule has 8 heteroatoms. The molecule has 1 aromatic heterocycles. The first-order valence-corrected chi connectivity index (χ1v) is 11.8. The average molecular weight is 558 g/mol. The maximum Gasteiger partial charge on any atom is 0.280 e. The van der Waals surface area contributed by atoms with E-state index in [-0.39, 0.29) is 5.91 Å². The minimum absolute atomic E-state index is 0.239. The van der Waals surface area contributed by atoms with Crippen LogP contribution in [0.2, 0.25) is 0 Å². The SMILES string of the molecule is CN(C)c1ccc(C(=O)N(/N=C/c2ccc(Br)cc2)c2nc3ccc(Br)cc3s2)cc1. The molecule has 0 aliphatic rings. The fourth-order valence-electron chi connectivity index (χ4n) is 2.86. The molecule has 4 aromatic rings. The normalized spacial score (nSPS) is 11.2. The highest BCUT2D eigenvalue weighted by atomic mass is 79.9. The number of hydrogen-bond donors (Lipinski definition) is 0. The van der Waals surface area contributed by atoms with Gasteiger partial charge >= 0.3 is 0 Å². The van der Waals surface area contributed by atoms with Crippen LogP contribution in [0.25, 0.3) is 10.2 Å². The van der Waals surface area contributed by atoms with Crippen LogP contribution in [-0.4, -0.2) is 31.2 Å². The quantitative estimate of drug-likeness (QED) is 0.206. The van der Waals surface area contributed by atoms with Crippen LogP contribution in [0.15, 0.2) is 80.8 Å². The Labute approximate surface area is 201 Å². The molecule has 0 aliphatic heterocycles. The van der Waals surface area contributed by atoms with E-state index in [2.05, 4.69) is 41.9 Å². The van der Waals surface area contributed by atoms with Gasteiger partial charge in [-0.05, 0) is 60.2 Å². The number of hydrazone groups is 1. The minimum Gasteiger partial charge on any atom is -0.378 e. The number of halogens is 2. The van der Waals surface area contributed by atoms with Crippen LogP contribution < -0.4 is 9.91 Å². The standard InChI is InChI=1S/C23H18Br2N4OS/c1-28(2)19-10-5-16(6-11-19)22(30)29(26-14-15-3-7-17(24)8-4-15)23-27-20-12-9-18(25)13-21(20)31-23/h3-14H,1-2H3/b26-14+. The predicted molar refractivity (Wildman–Crippen MR) is 137 cm³/mol. The van der Waals surface area contributed by atoms with E-state index < -0.39 is 0 Å². The number of carbonyl (C=O) groups is 1. The Hall–Kier alpha value is -2.55. The summed E-state index contributed by atoms with van der Waals surface area (Å²) < 4.78 is 2.92. The van der Waals surface area contributed by atoms with Crippen LogP contribution in [-0.2, 0) is 0 Å². The minimum atomic E-state index is -0.239. The van der Waals surface area contributed by atoms with Gasteiger partial charge < -0.3 is 4.90 Å². The summed E-state index contributed by atoms with van der Waals surface area (Å²) in [6.07, 6.45) is 1.67. The molecule has 3 aromatic carbocycles. The molecule has 0 N–H and O–H groups in total. The van der Waals surface area contributed by atoms with Crippen molar-refractivity contribution in [3.8, 4) is 0 Å². The number of carbonyl (C=O) groups excluding carboxylic acids is 1. The van der Waals surface area contributed by atoms with Crippen molar-refractivity contribution < 1.29 is 4.79 Å². The fraction of sp³-hybridized carbons (Fsp3) is 0.0870. The molecule has 31 heavy (non-hydrogen) atoms. The van der Waals surface area contributed by atoms with Gasteiger partial charge in [-0.2, -0.15) is 10.1 Å². The Kier molecular flexibility index (Phi) is 6.50. The fourth-order valence-corrected chi connectivity index (χ4v) is 4.60. The van der Waals surface area contributed by atoms with Gasteiger partial charge in [-0.3, -0.25) is 4.79 Å². The van der Waals surface area contributed by atoms with Crippen LogP contribution in [0.1, 0.15) is 15.9 Å². The van der Waals surface area contributed by atoms with Crippen molar-refractivity contribution in [2.24, 2.45) is 5.10 Å². The van der Waals surface area contributed by atoms with Crippen molar-refractivity contribution in [3.63, 3.8) is 0 Å². The number of nitrogens with zero attached hydrogens (tertiary/aromatic N) is 4. The summed E-state index contributed by atoms with van der Waals surface area (Å²) in [7, 11) is 3.93. The van der Waals surface area contributed by atoms with E-state index in [1.165, 1.54) is 16.3 Å². The maximum absolute atomic E-state index is 13.4. The summed E-state index contributed by atoms with van der Waals surface area (Å²) in [5.41, 5.74) is 3.26. The third-order valence-corrected chi connectivity index (χ3v) is 6.55. The maximum atomic E-state index is 13.4. The predicted octanol–water partition coefficient (Wildman–Crippen LogP) is 6.57. The van der Waals surface area contributed by atoms with Crippen molar-refractivity contribution in [3.05, 3.63) is 86.8 Å². The van der Waals surface area contributed by atoms with Crippen molar-refractivity contribution >= 4 is 76.4 Å². The van der Waals surface area contributed by atoms with Crippen LogP contribution in [0, 0.1) is 0 Å². The Balaban J connectivity index is 1.73. The number of thiazole rings is 1. The molecule has 0 saturated carbocycles. The van der Waals surface area contributed by atoms with Gasteiger partial charge in [0.2, 0.25) is 5.13 Å². The second-order valence-corrected chi connectivity index (χ2v) is 9.80. The highest BCUT2D eigenvalue weighted by Crippen LogP contribution is 2.32. The van der Waals surface area contributed by atoms with Gasteiger partial charge in [-0.25, -0.2) is 4.98 Å². The lowest BCUT2D eigenvalue weighted by Crippen LogP contribution is -2.25. The smallest absolute Gasteiger partial charge is 0.280 e. The van der Waals surface area contributed by atoms with Gasteiger partial charge in [-0.1, -0.05) is 55.3 Å². The van der Waals surface area contributed by atoms with Crippen LogP contribution in [0.5, 0.6) is 0 Å². The van der Waals surface area contributed by atoms with Crippen molar-refractivity contribution in [2.75, 3.05) is 24.0 Å². The molecule has 0 fully saturated rings. The highest BCUT2D eigenvalue weighted by Gasteiger charge is 2.21. The Morgan fingerprint density at radius 2 is 1.65 bits per heavy atom. The number of fused-ring (bicyclic) bond motifs is 1. The van der Waals surface area contributed by atoms with E-state index >= 15 is 0 Å². The van der Waals surface area contributed by atoms with Crippen molar-refractivity contribution in [1.82, 2.24) is 4.98 Å². The third kappa shape index (κ3) is 5.03. The molecule has 0 bridgehead atoms. The first kappa shape index (κ1) is 21.7. The van der Waals surface area contributed by atoms with E-state index in [1.54, 1.807) is 6.21 Å². The van der Waals surface area contributed by atoms with E-state index in [1.807, 2.05) is 85.7 Å². The van der Waals surface area contributed by atoms with E-state index in [0.29, 0.717) is 10.7 Å². The molecular weight excluding hydrogens is 540 g/mol. The van der Waals surface area contributed by atoms with Crippen LogP contribution in [0.3, 0.4) is 0 Å². The summed E-state index contributed by atoms with van der Waals surface area (Å²) >= 11 is 8.35. The zero-order chi connectivity index (χ0) is 22.0. The molecule has 1 amide bonds. The van der Waals surface area contributed by atoms with Gasteiger partial charge in [-0.15, -0.1) is 0 Å². The molecular formula is C23H18Br2N4OS. The molecule has 0 atom stereocenters. The molecule has 5 nitrogen and oxygen atoms in total. The zero-order valence-corrected chi connectivity index (χ0v) is 20.8. The molecule has 1 heterocycles. The number of hydrogen-bond acceptors (Lipinski definition) is 5. The molecule has 4 rings (SSSR count). The van der Waals surface area contributed by atoms with Gasteiger partial charge in [0.05, 0.1) is 16.4 Å². The molecule has 0 unspecified atom stereocenters. The van der Waals surface area contributed by atoms with Crippen LogP contribution >= 0.6 is 43.2 Å². The number of anilines is 2. The van der Waals surface area contributed by atoms with Gasteiger partial charge in [0, 0.05) is 34.3 Å². The Morgan fingerprint density at radius 3 is 2.32 bits per heavy atom. The lowest BCUT2D eigenvalue weighted by molar-refractivity contribution is 0.0988. The van der Waals surface area contributed by atoms with E-state index in [4.69, 9.17) is 0 Å². The largest absolute Gasteiger partial charge is 0.378 e. The number of rotatable bonds is 5. The second kappa shape index (κ2) is 9.30. The molecule has 0 saturated heterocycles. The van der Waals surface area contributed by atoms with Crippen molar-refractivity contribution in [2.45, 2.75) is 0 Å². The number of amides is 1. The summed E-state index contributed by atoms with van der Waals surface area (Å²) in [4.78, 5) is 20.0. The summed E-state index contributed by atoms with van der Waals surface area (Å²) in [5, 5.41) is 6.40. The summed E-state index contributed by atoms with van der Waals surface area (Å²) in [6, 6.07) is 21.0. The van der Waals surface area contributed by atoms with Gasteiger partial charge in [0.15, 0.2) is 0 Å². The Morgan fingerprint density at radius 1 is 0.968 bits per heavy atom. The second-order valence-electron chi connectivity index (χ2n) is 6.96. The lowest BCUT2D eigenvalue weighted by atomic mass is 10.2. The van der Waals surface area contributed by atoms with E-state index in [9.17, 15) is 4.79 Å². The molecule has 0 spiro atoms. The number of benzene rings is 3. The zero-order valence-electron chi connectivity index (χ0n) is 16.8. The van der Waals surface area contributed by atoms with Crippen LogP contribution in [0.4, 0.5) is 10.8 Å². The highest BCUT2D eigenvalue weighted by molar-refractivity contribution is 9.10. The van der Waals surface area contributed by atoms with Crippen molar-refractivity contribution in [1.29, 1.82) is 0 Å². The first-order chi connectivity index (χ1) is 14.9. The molecule has 0 aliphatic carbocycles. The monoisotopic (exact) mass is 556 g/mol. The first-order valence-electron chi connectivity index (χ1n) is 9.38.